The molecule has 1 atom stereocenters. The molecule has 0 aromatic heterocycles. The number of carboxylic acid groups (broad SMARTS) is 1. The van der Waals surface area contributed by atoms with Crippen molar-refractivity contribution in [1.82, 2.24) is 9.62 Å². The molecule has 18 heavy (non-hydrogen) atoms. The first-order valence-electron chi connectivity index (χ1n) is 5.77. The van der Waals surface area contributed by atoms with Crippen LogP contribution in [0.25, 0.3) is 0 Å². The first kappa shape index (κ1) is 15.4. The van der Waals surface area contributed by atoms with Crippen LogP contribution < -0.4 is 5.32 Å². The lowest BCUT2D eigenvalue weighted by molar-refractivity contribution is -0.156. The van der Waals surface area contributed by atoms with Crippen LogP contribution in [0.1, 0.15) is 19.8 Å². The Morgan fingerprint density at radius 3 is 2.33 bits per heavy atom. The number of nitrogens with zero attached hydrogens (tertiary/aromatic N) is 1. The van der Waals surface area contributed by atoms with Crippen molar-refractivity contribution in [3.05, 3.63) is 0 Å². The number of carboxylic acids is 1. The lowest BCUT2D eigenvalue weighted by atomic mass is 10.0. The maximum Gasteiger partial charge on any atom is 0.336 e. The summed E-state index contributed by atoms with van der Waals surface area (Å²) in [6.45, 7) is 2.03. The zero-order valence-electron chi connectivity index (χ0n) is 10.6. The minimum absolute atomic E-state index is 0.0359. The zero-order valence-corrected chi connectivity index (χ0v) is 11.4. The number of hydrogen-bond acceptors (Lipinski definition) is 5. The number of nitrogens with one attached hydrogen (secondary N) is 1. The molecule has 0 saturated carbocycles. The van der Waals surface area contributed by atoms with E-state index in [-0.39, 0.29) is 12.6 Å². The molecule has 0 spiro atoms. The van der Waals surface area contributed by atoms with E-state index in [0.29, 0.717) is 25.9 Å². The minimum atomic E-state index is -3.14. The van der Waals surface area contributed by atoms with Gasteiger partial charge >= 0.3 is 5.97 Å². The van der Waals surface area contributed by atoms with E-state index in [1.165, 1.54) is 17.5 Å². The molecular weight excluding hydrogens is 260 g/mol. The molecule has 106 valence electrons. The normalized spacial score (nSPS) is 22.6. The van der Waals surface area contributed by atoms with Crippen LogP contribution >= 0.6 is 0 Å². The van der Waals surface area contributed by atoms with Crippen molar-refractivity contribution in [2.24, 2.45) is 0 Å². The molecule has 0 aliphatic carbocycles. The Morgan fingerprint density at radius 1 is 1.44 bits per heavy atom. The van der Waals surface area contributed by atoms with Crippen LogP contribution in [-0.4, -0.2) is 66.4 Å². The number of carbonyl (C=O) groups is 1. The topological polar surface area (TPSA) is 107 Å². The Kier molecular flexibility index (Phi) is 4.71. The summed E-state index contributed by atoms with van der Waals surface area (Å²) in [6.07, 6.45) is 2.40. The standard InChI is InChI=1S/C10H20N2O5S/c1-10(15,9(13)14)7-11-8-3-5-12(6-4-8)18(2,16)17/h8,11,15H,3-7H2,1-2H3,(H,13,14). The molecular formula is C10H20N2O5S. The maximum absolute atomic E-state index is 11.3. The van der Waals surface area contributed by atoms with E-state index >= 15 is 0 Å². The van der Waals surface area contributed by atoms with Crippen LogP contribution in [0.4, 0.5) is 0 Å². The molecule has 8 heteroatoms. The van der Waals surface area contributed by atoms with Crippen LogP contribution in [0.3, 0.4) is 0 Å². The molecule has 1 saturated heterocycles. The molecule has 0 amide bonds. The fourth-order valence-corrected chi connectivity index (χ4v) is 2.68. The summed E-state index contributed by atoms with van der Waals surface area (Å²) in [6, 6.07) is 0.0359. The molecule has 1 aliphatic rings. The maximum atomic E-state index is 11.3. The Bertz CT molecular complexity index is 398. The predicted molar refractivity (Wildman–Crippen MR) is 65.7 cm³/mol. The number of sulfonamides is 1. The lowest BCUT2D eigenvalue weighted by Gasteiger charge is -2.32. The Labute approximate surface area is 107 Å². The van der Waals surface area contributed by atoms with Gasteiger partial charge in [0.05, 0.1) is 6.26 Å². The molecule has 1 aliphatic heterocycles. The molecule has 1 heterocycles. The van der Waals surface area contributed by atoms with Gasteiger partial charge in [0, 0.05) is 25.7 Å². The second-order valence-electron chi connectivity index (χ2n) is 4.90. The van der Waals surface area contributed by atoms with E-state index in [4.69, 9.17) is 5.11 Å². The molecule has 3 N–H and O–H groups in total. The molecule has 0 aromatic carbocycles. The number of piperidine rings is 1. The minimum Gasteiger partial charge on any atom is -0.479 e. The first-order valence-corrected chi connectivity index (χ1v) is 7.62. The van der Waals surface area contributed by atoms with Crippen LogP contribution in [-0.2, 0) is 14.8 Å². The van der Waals surface area contributed by atoms with Crippen LogP contribution in [0.5, 0.6) is 0 Å². The predicted octanol–water partition coefficient (Wildman–Crippen LogP) is -1.16. The highest BCUT2D eigenvalue weighted by Gasteiger charge is 2.31. The Morgan fingerprint density at radius 2 is 1.94 bits per heavy atom. The Hall–Kier alpha value is -0.700. The third kappa shape index (κ3) is 4.20. The average Bonchev–Trinajstić information content (AvgIpc) is 2.25. The first-order chi connectivity index (χ1) is 8.13. The quantitative estimate of drug-likeness (QED) is 0.586. The lowest BCUT2D eigenvalue weighted by Crippen LogP contribution is -2.51. The van der Waals surface area contributed by atoms with Gasteiger partial charge in [0.15, 0.2) is 5.60 Å². The summed E-state index contributed by atoms with van der Waals surface area (Å²) in [5.41, 5.74) is -1.80. The van der Waals surface area contributed by atoms with Gasteiger partial charge in [-0.05, 0) is 19.8 Å². The fourth-order valence-electron chi connectivity index (χ4n) is 1.81. The molecule has 7 nitrogen and oxygen atoms in total. The van der Waals surface area contributed by atoms with Crippen molar-refractivity contribution in [1.29, 1.82) is 0 Å². The highest BCUT2D eigenvalue weighted by atomic mass is 32.2. The number of aliphatic hydroxyl groups is 1. The number of rotatable bonds is 5. The van der Waals surface area contributed by atoms with Crippen molar-refractivity contribution in [3.8, 4) is 0 Å². The third-order valence-corrected chi connectivity index (χ3v) is 4.42. The van der Waals surface area contributed by atoms with E-state index in [1.54, 1.807) is 0 Å². The summed E-state index contributed by atoms with van der Waals surface area (Å²) in [4.78, 5) is 10.7. The summed E-state index contributed by atoms with van der Waals surface area (Å²) in [5, 5.41) is 21.2. The van der Waals surface area contributed by atoms with Crippen molar-refractivity contribution >= 4 is 16.0 Å². The fraction of sp³-hybridized carbons (Fsp3) is 0.900. The van der Waals surface area contributed by atoms with Crippen LogP contribution in [0.2, 0.25) is 0 Å². The van der Waals surface area contributed by atoms with E-state index in [1.807, 2.05) is 0 Å². The highest BCUT2D eigenvalue weighted by Crippen LogP contribution is 2.14. The van der Waals surface area contributed by atoms with Crippen molar-refractivity contribution in [2.45, 2.75) is 31.4 Å². The van der Waals surface area contributed by atoms with Gasteiger partial charge < -0.3 is 15.5 Å². The van der Waals surface area contributed by atoms with Gasteiger partial charge in [-0.25, -0.2) is 17.5 Å². The molecule has 0 radical (unpaired) electrons. The molecule has 1 fully saturated rings. The van der Waals surface area contributed by atoms with Gasteiger partial charge in [0.2, 0.25) is 10.0 Å². The number of hydrogen-bond donors (Lipinski definition) is 3. The van der Waals surface area contributed by atoms with E-state index in [0.717, 1.165) is 0 Å². The van der Waals surface area contributed by atoms with Gasteiger partial charge in [-0.1, -0.05) is 0 Å². The van der Waals surface area contributed by atoms with Crippen LogP contribution in [0.15, 0.2) is 0 Å². The van der Waals surface area contributed by atoms with E-state index in [2.05, 4.69) is 5.32 Å². The number of aliphatic carboxylic acids is 1. The third-order valence-electron chi connectivity index (χ3n) is 3.12. The molecule has 0 aromatic rings. The zero-order chi connectivity index (χ0) is 14.0. The monoisotopic (exact) mass is 280 g/mol. The van der Waals surface area contributed by atoms with E-state index < -0.39 is 21.6 Å². The van der Waals surface area contributed by atoms with Gasteiger partial charge in [-0.15, -0.1) is 0 Å². The summed E-state index contributed by atoms with van der Waals surface area (Å²) >= 11 is 0. The van der Waals surface area contributed by atoms with Gasteiger partial charge in [0.25, 0.3) is 0 Å². The van der Waals surface area contributed by atoms with Crippen LogP contribution in [0, 0.1) is 0 Å². The van der Waals surface area contributed by atoms with Gasteiger partial charge in [0.1, 0.15) is 0 Å². The second-order valence-corrected chi connectivity index (χ2v) is 6.88. The van der Waals surface area contributed by atoms with Crippen molar-refractivity contribution in [2.75, 3.05) is 25.9 Å². The summed E-state index contributed by atoms with van der Waals surface area (Å²) in [7, 11) is -3.14. The average molecular weight is 280 g/mol. The summed E-state index contributed by atoms with van der Waals surface area (Å²) in [5.74, 6) is -1.27. The molecule has 1 rings (SSSR count). The molecule has 1 unspecified atom stereocenters. The van der Waals surface area contributed by atoms with E-state index in [9.17, 15) is 18.3 Å². The van der Waals surface area contributed by atoms with Gasteiger partial charge in [-0.3, -0.25) is 0 Å². The van der Waals surface area contributed by atoms with Crippen molar-refractivity contribution < 1.29 is 23.4 Å². The van der Waals surface area contributed by atoms with Crippen molar-refractivity contribution in [3.63, 3.8) is 0 Å². The second kappa shape index (κ2) is 5.52. The largest absolute Gasteiger partial charge is 0.479 e. The summed E-state index contributed by atoms with van der Waals surface area (Å²) < 4.78 is 24.0. The Balaban J connectivity index is 2.39. The van der Waals surface area contributed by atoms with Gasteiger partial charge in [-0.2, -0.15) is 0 Å². The highest BCUT2D eigenvalue weighted by molar-refractivity contribution is 7.88. The molecule has 0 bridgehead atoms. The smallest absolute Gasteiger partial charge is 0.336 e. The SMILES string of the molecule is CC(O)(CNC1CCN(S(C)(=O)=O)CC1)C(=O)O.